The van der Waals surface area contributed by atoms with Crippen LogP contribution >= 0.6 is 46.4 Å². The third kappa shape index (κ3) is 17.3. The lowest BCUT2D eigenvalue weighted by Gasteiger charge is -2.02. The quantitative estimate of drug-likeness (QED) is 0.228. The number of alkyl halides is 4. The van der Waals surface area contributed by atoms with Gasteiger partial charge in [0, 0.05) is 13.2 Å². The van der Waals surface area contributed by atoms with Crippen LogP contribution in [0.5, 0.6) is 0 Å². The van der Waals surface area contributed by atoms with Crippen LogP contribution in [-0.2, 0) is 8.85 Å². The summed E-state index contributed by atoms with van der Waals surface area (Å²) in [5, 5.41) is 0. The second-order valence-corrected chi connectivity index (χ2v) is 8.97. The number of halogens is 4. The van der Waals surface area contributed by atoms with E-state index in [4.69, 9.17) is 55.3 Å². The van der Waals surface area contributed by atoms with E-state index in [2.05, 4.69) is 12.2 Å². The summed E-state index contributed by atoms with van der Waals surface area (Å²) < 4.78 is 11.0. The molecular weight excluding hydrogens is 350 g/mol. The SMILES string of the molecule is ClC(Cl)CCO[SiH2]CC=CC[SiH2]OCCC(Cl)Cl. The fraction of sp³-hybridized carbons (Fsp3) is 0.800. The van der Waals surface area contributed by atoms with Gasteiger partial charge >= 0.3 is 0 Å². The molecule has 0 amide bonds. The third-order valence-corrected chi connectivity index (χ3v) is 5.15. The molecule has 0 saturated heterocycles. The Morgan fingerprint density at radius 2 is 1.17 bits per heavy atom. The summed E-state index contributed by atoms with van der Waals surface area (Å²) in [7, 11) is -0.901. The monoisotopic (exact) mass is 368 g/mol. The number of rotatable bonds is 12. The van der Waals surface area contributed by atoms with Crippen LogP contribution in [0.25, 0.3) is 0 Å². The highest BCUT2D eigenvalue weighted by molar-refractivity contribution is 6.44. The van der Waals surface area contributed by atoms with Crippen LogP contribution in [0, 0.1) is 0 Å². The Bertz CT molecular complexity index is 186. The van der Waals surface area contributed by atoms with Crippen molar-refractivity contribution in [3.05, 3.63) is 12.2 Å². The van der Waals surface area contributed by atoms with E-state index in [0.717, 1.165) is 12.1 Å². The summed E-state index contributed by atoms with van der Waals surface area (Å²) in [5.74, 6) is 0. The Kier molecular flexibility index (Phi) is 15.7. The molecule has 0 aromatic carbocycles. The van der Waals surface area contributed by atoms with Crippen molar-refractivity contribution in [1.82, 2.24) is 0 Å². The summed E-state index contributed by atoms with van der Waals surface area (Å²) >= 11 is 22.3. The molecule has 0 unspecified atom stereocenters. The lowest BCUT2D eigenvalue weighted by molar-refractivity contribution is 0.333. The second-order valence-electron chi connectivity index (χ2n) is 3.63. The van der Waals surface area contributed by atoms with Gasteiger partial charge in [-0.05, 0) is 24.9 Å². The molecule has 0 spiro atoms. The van der Waals surface area contributed by atoms with Gasteiger partial charge in [-0.1, -0.05) is 12.2 Å². The largest absolute Gasteiger partial charge is 0.424 e. The Hall–Kier alpha value is 1.25. The van der Waals surface area contributed by atoms with Gasteiger partial charge in [0.2, 0.25) is 0 Å². The van der Waals surface area contributed by atoms with E-state index < -0.39 is 19.5 Å². The standard InChI is InChI=1S/C10H20Cl4O2Si2/c11-9(12)3-5-15-17-7-1-2-8-18-16-6-4-10(13)14/h1-2,9-10H,3-8,17-18H2. The molecule has 8 heteroatoms. The van der Waals surface area contributed by atoms with Crippen molar-refractivity contribution in [2.24, 2.45) is 0 Å². The van der Waals surface area contributed by atoms with Gasteiger partial charge in [-0.3, -0.25) is 0 Å². The van der Waals surface area contributed by atoms with Gasteiger partial charge in [-0.15, -0.1) is 46.4 Å². The van der Waals surface area contributed by atoms with Gasteiger partial charge in [-0.25, -0.2) is 0 Å². The van der Waals surface area contributed by atoms with Crippen LogP contribution in [-0.4, -0.2) is 42.4 Å². The maximum atomic E-state index is 5.58. The zero-order chi connectivity index (χ0) is 13.6. The van der Waals surface area contributed by atoms with Crippen LogP contribution in [0.1, 0.15) is 12.8 Å². The van der Waals surface area contributed by atoms with Crippen LogP contribution < -0.4 is 0 Å². The van der Waals surface area contributed by atoms with Gasteiger partial charge < -0.3 is 8.85 Å². The molecule has 0 aliphatic rings. The Morgan fingerprint density at radius 3 is 1.50 bits per heavy atom. The summed E-state index contributed by atoms with van der Waals surface area (Å²) in [4.78, 5) is -0.614. The van der Waals surface area contributed by atoms with Gasteiger partial charge in [-0.2, -0.15) is 0 Å². The molecule has 0 aromatic rings. The van der Waals surface area contributed by atoms with E-state index in [9.17, 15) is 0 Å². The predicted octanol–water partition coefficient (Wildman–Crippen LogP) is 2.97. The summed E-state index contributed by atoms with van der Waals surface area (Å²) in [6.45, 7) is 1.35. The van der Waals surface area contributed by atoms with E-state index >= 15 is 0 Å². The molecule has 0 bridgehead atoms. The number of hydrogen-bond acceptors (Lipinski definition) is 2. The topological polar surface area (TPSA) is 18.5 Å². The van der Waals surface area contributed by atoms with Crippen molar-refractivity contribution < 1.29 is 8.85 Å². The van der Waals surface area contributed by atoms with E-state index in [1.807, 2.05) is 0 Å². The second kappa shape index (κ2) is 14.7. The smallest absolute Gasteiger partial charge is 0.165 e. The summed E-state index contributed by atoms with van der Waals surface area (Å²) in [5.41, 5.74) is 0. The van der Waals surface area contributed by atoms with E-state index in [-0.39, 0.29) is 9.67 Å². The average molecular weight is 370 g/mol. The van der Waals surface area contributed by atoms with Crippen LogP contribution in [0.2, 0.25) is 12.1 Å². The molecule has 0 saturated carbocycles. The molecule has 0 radical (unpaired) electrons. The maximum absolute atomic E-state index is 5.58. The molecule has 108 valence electrons. The van der Waals surface area contributed by atoms with Gasteiger partial charge in [0.15, 0.2) is 19.5 Å². The normalized spacial score (nSPS) is 13.4. The molecule has 18 heavy (non-hydrogen) atoms. The minimum absolute atomic E-state index is 0.307. The van der Waals surface area contributed by atoms with E-state index in [1.165, 1.54) is 0 Å². The van der Waals surface area contributed by atoms with Crippen LogP contribution in [0.3, 0.4) is 0 Å². The first kappa shape index (κ1) is 19.3. The van der Waals surface area contributed by atoms with Gasteiger partial charge in [0.25, 0.3) is 0 Å². The molecule has 0 heterocycles. The molecule has 0 N–H and O–H groups in total. The van der Waals surface area contributed by atoms with Gasteiger partial charge in [0.05, 0.1) is 0 Å². The average Bonchev–Trinajstić information content (AvgIpc) is 2.29. The third-order valence-electron chi connectivity index (χ3n) is 1.99. The molecule has 2 nitrogen and oxygen atoms in total. The Balaban J connectivity index is 3.09. The highest BCUT2D eigenvalue weighted by Gasteiger charge is 1.98. The molecule has 0 aliphatic heterocycles. The Morgan fingerprint density at radius 1 is 0.778 bits per heavy atom. The summed E-state index contributed by atoms with van der Waals surface area (Å²) in [6, 6.07) is 2.10. The highest BCUT2D eigenvalue weighted by Crippen LogP contribution is 2.06. The van der Waals surface area contributed by atoms with Crippen molar-refractivity contribution >= 4 is 65.9 Å². The first-order valence-electron chi connectivity index (χ1n) is 5.99. The zero-order valence-corrected chi connectivity index (χ0v) is 16.1. The fourth-order valence-electron chi connectivity index (χ4n) is 1.09. The molecule has 0 aliphatic carbocycles. The van der Waals surface area contributed by atoms with Crippen molar-refractivity contribution in [2.75, 3.05) is 13.2 Å². The number of allylic oxidation sites excluding steroid dienone is 2. The molecule has 0 atom stereocenters. The van der Waals surface area contributed by atoms with Crippen molar-refractivity contribution in [3.63, 3.8) is 0 Å². The summed E-state index contributed by atoms with van der Waals surface area (Å²) in [6.07, 6.45) is 5.77. The molecular formula is C10H20Cl4O2Si2. The lowest BCUT2D eigenvalue weighted by Crippen LogP contribution is -2.03. The first-order valence-corrected chi connectivity index (χ1v) is 10.9. The first-order chi connectivity index (χ1) is 8.63. The van der Waals surface area contributed by atoms with Crippen molar-refractivity contribution in [2.45, 2.75) is 34.6 Å². The Labute approximate surface area is 134 Å². The van der Waals surface area contributed by atoms with Crippen LogP contribution in [0.4, 0.5) is 0 Å². The highest BCUT2D eigenvalue weighted by atomic mass is 35.5. The minimum Gasteiger partial charge on any atom is -0.424 e. The maximum Gasteiger partial charge on any atom is 0.165 e. The van der Waals surface area contributed by atoms with Crippen molar-refractivity contribution in [1.29, 1.82) is 0 Å². The van der Waals surface area contributed by atoms with E-state index in [0.29, 0.717) is 26.1 Å². The fourth-order valence-corrected chi connectivity index (χ4v) is 3.26. The van der Waals surface area contributed by atoms with Crippen LogP contribution in [0.15, 0.2) is 12.2 Å². The predicted molar refractivity (Wildman–Crippen MR) is 88.0 cm³/mol. The minimum atomic E-state index is -0.451. The molecule has 0 rings (SSSR count). The number of hydrogen-bond donors (Lipinski definition) is 0. The zero-order valence-electron chi connectivity index (χ0n) is 10.3. The lowest BCUT2D eigenvalue weighted by atomic mass is 10.5. The van der Waals surface area contributed by atoms with Gasteiger partial charge in [0.1, 0.15) is 9.67 Å². The van der Waals surface area contributed by atoms with Crippen molar-refractivity contribution in [3.8, 4) is 0 Å². The molecule has 0 fully saturated rings. The van der Waals surface area contributed by atoms with E-state index in [1.54, 1.807) is 0 Å². The molecule has 0 aromatic heterocycles.